The van der Waals surface area contributed by atoms with Gasteiger partial charge in [-0.25, -0.2) is 4.98 Å². The van der Waals surface area contributed by atoms with E-state index in [0.29, 0.717) is 35.0 Å². The van der Waals surface area contributed by atoms with Crippen LogP contribution in [-0.2, 0) is 17.0 Å². The Balaban J connectivity index is 1.62. The minimum absolute atomic E-state index is 0.00205. The van der Waals surface area contributed by atoms with Crippen LogP contribution in [0.15, 0.2) is 58.5 Å². The lowest BCUT2D eigenvalue weighted by molar-refractivity contribution is -0.0498. The molecule has 0 bridgehead atoms. The Kier molecular flexibility index (Phi) is 6.10. The van der Waals surface area contributed by atoms with Gasteiger partial charge in [0.15, 0.2) is 5.16 Å². The third-order valence-electron chi connectivity index (χ3n) is 4.73. The van der Waals surface area contributed by atoms with Gasteiger partial charge in [-0.05, 0) is 42.7 Å². The van der Waals surface area contributed by atoms with Gasteiger partial charge in [0.2, 0.25) is 0 Å². The largest absolute Gasteiger partial charge is 0.435 e. The van der Waals surface area contributed by atoms with Crippen molar-refractivity contribution in [3.8, 4) is 5.75 Å². The van der Waals surface area contributed by atoms with Crippen molar-refractivity contribution in [3.63, 3.8) is 0 Å². The predicted octanol–water partition coefficient (Wildman–Crippen LogP) is 4.47. The topological polar surface area (TPSA) is 53.3 Å². The van der Waals surface area contributed by atoms with Crippen LogP contribution in [0.1, 0.15) is 18.4 Å². The van der Waals surface area contributed by atoms with Crippen LogP contribution in [0.2, 0.25) is 0 Å². The van der Waals surface area contributed by atoms with Gasteiger partial charge in [-0.2, -0.15) is 8.78 Å². The molecular formula is C21H20F2N2O3S. The summed E-state index contributed by atoms with van der Waals surface area (Å²) in [7, 11) is 0. The van der Waals surface area contributed by atoms with Crippen LogP contribution in [-0.4, -0.2) is 28.9 Å². The molecule has 1 atom stereocenters. The SMILES string of the molecule is O=c1c2ccccc2nc(SCc2cccc(OC(F)F)c2)n1CC1CCCO1. The number of ether oxygens (including phenoxy) is 2. The first-order valence-electron chi connectivity index (χ1n) is 9.38. The Bertz CT molecular complexity index is 1050. The average molecular weight is 418 g/mol. The molecule has 0 radical (unpaired) electrons. The highest BCUT2D eigenvalue weighted by molar-refractivity contribution is 7.98. The van der Waals surface area contributed by atoms with Gasteiger partial charge < -0.3 is 9.47 Å². The first kappa shape index (κ1) is 19.8. The molecule has 2 aromatic carbocycles. The number of para-hydroxylation sites is 1. The smallest absolute Gasteiger partial charge is 0.387 e. The molecule has 1 aliphatic rings. The minimum Gasteiger partial charge on any atom is -0.435 e. The summed E-state index contributed by atoms with van der Waals surface area (Å²) in [6.45, 7) is -1.70. The van der Waals surface area contributed by atoms with Gasteiger partial charge in [0.25, 0.3) is 5.56 Å². The number of rotatable bonds is 7. The fourth-order valence-corrected chi connectivity index (χ4v) is 4.32. The summed E-state index contributed by atoms with van der Waals surface area (Å²) >= 11 is 1.39. The third kappa shape index (κ3) is 4.76. The van der Waals surface area contributed by atoms with E-state index in [-0.39, 0.29) is 17.4 Å². The maximum absolute atomic E-state index is 13.1. The Morgan fingerprint density at radius 2 is 2.10 bits per heavy atom. The van der Waals surface area contributed by atoms with Crippen molar-refractivity contribution < 1.29 is 18.3 Å². The minimum atomic E-state index is -2.86. The molecule has 1 aromatic heterocycles. The molecule has 1 fully saturated rings. The van der Waals surface area contributed by atoms with Crippen LogP contribution >= 0.6 is 11.8 Å². The summed E-state index contributed by atoms with van der Waals surface area (Å²) in [5.41, 5.74) is 1.35. The summed E-state index contributed by atoms with van der Waals surface area (Å²) < 4.78 is 36.8. The zero-order valence-corrected chi connectivity index (χ0v) is 16.4. The Morgan fingerprint density at radius 3 is 2.90 bits per heavy atom. The molecule has 5 nitrogen and oxygen atoms in total. The number of fused-ring (bicyclic) bond motifs is 1. The Morgan fingerprint density at radius 1 is 1.24 bits per heavy atom. The van der Waals surface area contributed by atoms with Crippen molar-refractivity contribution >= 4 is 22.7 Å². The number of nitrogens with zero attached hydrogens (tertiary/aromatic N) is 2. The van der Waals surface area contributed by atoms with Gasteiger partial charge in [0.1, 0.15) is 5.75 Å². The molecule has 0 N–H and O–H groups in total. The van der Waals surface area contributed by atoms with Crippen LogP contribution in [0, 0.1) is 0 Å². The molecule has 1 aliphatic heterocycles. The van der Waals surface area contributed by atoms with Gasteiger partial charge in [-0.3, -0.25) is 9.36 Å². The van der Waals surface area contributed by atoms with Crippen LogP contribution in [0.4, 0.5) is 8.78 Å². The molecular weight excluding hydrogens is 398 g/mol. The fraction of sp³-hybridized carbons (Fsp3) is 0.333. The number of hydrogen-bond acceptors (Lipinski definition) is 5. The molecule has 0 saturated carbocycles. The number of thioether (sulfide) groups is 1. The fourth-order valence-electron chi connectivity index (χ4n) is 3.37. The van der Waals surface area contributed by atoms with Gasteiger partial charge in [0, 0.05) is 12.4 Å². The van der Waals surface area contributed by atoms with Crippen molar-refractivity contribution in [1.82, 2.24) is 9.55 Å². The van der Waals surface area contributed by atoms with Crippen molar-refractivity contribution in [1.29, 1.82) is 0 Å². The number of aromatic nitrogens is 2. The molecule has 3 aromatic rings. The Labute approximate surface area is 170 Å². The van der Waals surface area contributed by atoms with E-state index >= 15 is 0 Å². The lowest BCUT2D eigenvalue weighted by atomic mass is 10.2. The molecule has 1 unspecified atom stereocenters. The summed E-state index contributed by atoms with van der Waals surface area (Å²) in [5, 5.41) is 1.16. The quantitative estimate of drug-likeness (QED) is 0.419. The monoisotopic (exact) mass is 418 g/mol. The average Bonchev–Trinajstić information content (AvgIpc) is 3.22. The molecule has 0 aliphatic carbocycles. The molecule has 1 saturated heterocycles. The third-order valence-corrected chi connectivity index (χ3v) is 5.78. The normalized spacial score (nSPS) is 16.6. The second-order valence-electron chi connectivity index (χ2n) is 6.78. The Hall–Kier alpha value is -2.45. The van der Waals surface area contributed by atoms with E-state index in [1.54, 1.807) is 22.8 Å². The van der Waals surface area contributed by atoms with Gasteiger partial charge in [-0.1, -0.05) is 36.0 Å². The van der Waals surface area contributed by atoms with E-state index in [9.17, 15) is 13.6 Å². The van der Waals surface area contributed by atoms with Crippen LogP contribution in [0.3, 0.4) is 0 Å². The molecule has 0 spiro atoms. The molecule has 0 amide bonds. The van der Waals surface area contributed by atoms with E-state index < -0.39 is 6.61 Å². The standard InChI is InChI=1S/C21H20F2N2O3S/c22-20(23)28-15-6-3-5-14(11-15)13-29-21-24-18-9-2-1-8-17(18)19(26)25(21)12-16-7-4-10-27-16/h1-3,5-6,8-9,11,16,20H,4,7,10,12-13H2. The lowest BCUT2D eigenvalue weighted by Crippen LogP contribution is -2.28. The maximum Gasteiger partial charge on any atom is 0.387 e. The predicted molar refractivity (Wildman–Crippen MR) is 108 cm³/mol. The zero-order chi connectivity index (χ0) is 20.2. The number of benzene rings is 2. The highest BCUT2D eigenvalue weighted by Crippen LogP contribution is 2.26. The van der Waals surface area contributed by atoms with E-state index in [2.05, 4.69) is 9.72 Å². The van der Waals surface area contributed by atoms with Crippen molar-refractivity contribution in [2.45, 2.75) is 43.0 Å². The summed E-state index contributed by atoms with van der Waals surface area (Å²) in [4.78, 5) is 17.8. The molecule has 2 heterocycles. The number of alkyl halides is 2. The van der Waals surface area contributed by atoms with Gasteiger partial charge in [0.05, 0.1) is 23.6 Å². The highest BCUT2D eigenvalue weighted by Gasteiger charge is 2.20. The van der Waals surface area contributed by atoms with E-state index in [4.69, 9.17) is 4.74 Å². The van der Waals surface area contributed by atoms with E-state index in [0.717, 1.165) is 18.4 Å². The maximum atomic E-state index is 13.1. The van der Waals surface area contributed by atoms with Gasteiger partial charge in [-0.15, -0.1) is 0 Å². The highest BCUT2D eigenvalue weighted by atomic mass is 32.2. The second kappa shape index (κ2) is 8.92. The van der Waals surface area contributed by atoms with Gasteiger partial charge >= 0.3 is 6.61 Å². The van der Waals surface area contributed by atoms with Crippen molar-refractivity contribution in [2.75, 3.05) is 6.61 Å². The van der Waals surface area contributed by atoms with Crippen LogP contribution < -0.4 is 10.3 Å². The van der Waals surface area contributed by atoms with Crippen molar-refractivity contribution in [2.24, 2.45) is 0 Å². The second-order valence-corrected chi connectivity index (χ2v) is 7.72. The number of halogens is 2. The number of hydrogen-bond donors (Lipinski definition) is 0. The lowest BCUT2D eigenvalue weighted by Gasteiger charge is -2.16. The first-order chi connectivity index (χ1) is 14.1. The summed E-state index contributed by atoms with van der Waals surface area (Å²) in [6.07, 6.45) is 1.90. The first-order valence-corrected chi connectivity index (χ1v) is 10.4. The van der Waals surface area contributed by atoms with E-state index in [1.807, 2.05) is 24.3 Å². The summed E-state index contributed by atoms with van der Waals surface area (Å²) in [5.74, 6) is 0.581. The molecule has 152 valence electrons. The van der Waals surface area contributed by atoms with E-state index in [1.165, 1.54) is 17.8 Å². The van der Waals surface area contributed by atoms with Crippen molar-refractivity contribution in [3.05, 3.63) is 64.4 Å². The molecule has 29 heavy (non-hydrogen) atoms. The summed E-state index contributed by atoms with van der Waals surface area (Å²) in [6, 6.07) is 13.8. The van der Waals surface area contributed by atoms with Crippen LogP contribution in [0.5, 0.6) is 5.75 Å². The molecule has 8 heteroatoms. The molecule has 4 rings (SSSR count). The van der Waals surface area contributed by atoms with Crippen LogP contribution in [0.25, 0.3) is 10.9 Å². The zero-order valence-electron chi connectivity index (χ0n) is 15.6.